The monoisotopic (exact) mass is 298 g/mol. The molecule has 0 saturated carbocycles. The van der Waals surface area contributed by atoms with Gasteiger partial charge < -0.3 is 0 Å². The lowest BCUT2D eigenvalue weighted by atomic mass is 9.95. The van der Waals surface area contributed by atoms with E-state index in [1.54, 1.807) is 5.56 Å². The van der Waals surface area contributed by atoms with Gasteiger partial charge in [0.05, 0.1) is 17.4 Å². The Kier molecular flexibility index (Phi) is 3.35. The predicted molar refractivity (Wildman–Crippen MR) is 87.4 cm³/mol. The number of aromatic nitrogens is 4. The van der Waals surface area contributed by atoms with E-state index in [4.69, 9.17) is 5.10 Å². The third-order valence-electron chi connectivity index (χ3n) is 5.38. The molecule has 2 heterocycles. The van der Waals surface area contributed by atoms with Gasteiger partial charge in [-0.1, -0.05) is 20.8 Å². The SMILES string of the molecule is CCc1c2c(nn1C1Cc3[nH]nc(C(C)C)c3C1)CCCC2. The van der Waals surface area contributed by atoms with Gasteiger partial charge in [0.25, 0.3) is 0 Å². The first-order valence-electron chi connectivity index (χ1n) is 8.84. The van der Waals surface area contributed by atoms with Crippen LogP contribution in [-0.2, 0) is 32.1 Å². The minimum Gasteiger partial charge on any atom is -0.282 e. The summed E-state index contributed by atoms with van der Waals surface area (Å²) in [6, 6.07) is 0.488. The molecule has 0 saturated heterocycles. The molecule has 2 aromatic rings. The number of hydrogen-bond acceptors (Lipinski definition) is 2. The number of nitrogens with zero attached hydrogens (tertiary/aromatic N) is 3. The molecule has 4 rings (SSSR count). The van der Waals surface area contributed by atoms with Crippen LogP contribution in [0.1, 0.15) is 79.5 Å². The predicted octanol–water partition coefficient (Wildman–Crippen LogP) is 3.51. The number of aryl methyl sites for hydroxylation is 1. The van der Waals surface area contributed by atoms with Gasteiger partial charge in [-0.15, -0.1) is 0 Å². The Morgan fingerprint density at radius 2 is 2.00 bits per heavy atom. The van der Waals surface area contributed by atoms with Crippen molar-refractivity contribution in [2.24, 2.45) is 0 Å². The zero-order valence-corrected chi connectivity index (χ0v) is 13.9. The van der Waals surface area contributed by atoms with Crippen molar-refractivity contribution < 1.29 is 0 Å². The molecule has 0 bridgehead atoms. The van der Waals surface area contributed by atoms with Crippen LogP contribution >= 0.6 is 0 Å². The fourth-order valence-corrected chi connectivity index (χ4v) is 4.32. The molecule has 1 N–H and O–H groups in total. The van der Waals surface area contributed by atoms with Gasteiger partial charge in [0.15, 0.2) is 0 Å². The standard InChI is InChI=1S/C18H26N4/c1-4-17-13-7-5-6-8-15(13)21-22(17)12-9-14-16(10-12)19-20-18(14)11(2)3/h11-12H,4-10H2,1-3H3,(H,19,20). The summed E-state index contributed by atoms with van der Waals surface area (Å²) in [5.74, 6) is 0.496. The maximum atomic E-state index is 5.02. The number of fused-ring (bicyclic) bond motifs is 2. The summed E-state index contributed by atoms with van der Waals surface area (Å²) in [4.78, 5) is 0. The summed E-state index contributed by atoms with van der Waals surface area (Å²) < 4.78 is 2.37. The van der Waals surface area contributed by atoms with E-state index in [0.29, 0.717) is 12.0 Å². The van der Waals surface area contributed by atoms with Gasteiger partial charge >= 0.3 is 0 Å². The molecule has 0 fully saturated rings. The lowest BCUT2D eigenvalue weighted by molar-refractivity contribution is 0.450. The second kappa shape index (κ2) is 5.25. The molecule has 2 aliphatic rings. The molecular weight excluding hydrogens is 272 g/mol. The van der Waals surface area contributed by atoms with Crippen LogP contribution in [0, 0.1) is 0 Å². The third kappa shape index (κ3) is 2.03. The van der Waals surface area contributed by atoms with E-state index in [9.17, 15) is 0 Å². The zero-order valence-electron chi connectivity index (χ0n) is 13.9. The van der Waals surface area contributed by atoms with E-state index in [1.165, 1.54) is 54.0 Å². The van der Waals surface area contributed by atoms with Gasteiger partial charge in [0.2, 0.25) is 0 Å². The number of H-pyrrole nitrogens is 1. The summed E-state index contributed by atoms with van der Waals surface area (Å²) in [5.41, 5.74) is 8.48. The van der Waals surface area contributed by atoms with Crippen molar-refractivity contribution in [1.29, 1.82) is 0 Å². The largest absolute Gasteiger partial charge is 0.282 e. The van der Waals surface area contributed by atoms with Crippen LogP contribution in [0.15, 0.2) is 0 Å². The lowest BCUT2D eigenvalue weighted by Crippen LogP contribution is -2.15. The van der Waals surface area contributed by atoms with E-state index < -0.39 is 0 Å². The van der Waals surface area contributed by atoms with Crippen molar-refractivity contribution in [2.75, 3.05) is 0 Å². The Morgan fingerprint density at radius 3 is 2.77 bits per heavy atom. The van der Waals surface area contributed by atoms with Crippen LogP contribution in [0.2, 0.25) is 0 Å². The average Bonchev–Trinajstić information content (AvgIpc) is 3.17. The molecule has 0 aromatic carbocycles. The Labute approximate surface area is 132 Å². The molecule has 0 amide bonds. The van der Waals surface area contributed by atoms with E-state index in [1.807, 2.05) is 0 Å². The molecule has 118 valence electrons. The summed E-state index contributed by atoms with van der Waals surface area (Å²) in [5, 5.41) is 12.8. The Morgan fingerprint density at radius 1 is 1.18 bits per heavy atom. The first-order chi connectivity index (χ1) is 10.7. The fourth-order valence-electron chi connectivity index (χ4n) is 4.32. The molecule has 2 aliphatic carbocycles. The van der Waals surface area contributed by atoms with Crippen LogP contribution in [-0.4, -0.2) is 20.0 Å². The molecule has 22 heavy (non-hydrogen) atoms. The van der Waals surface area contributed by atoms with E-state index in [2.05, 4.69) is 35.7 Å². The highest BCUT2D eigenvalue weighted by Gasteiger charge is 2.32. The smallest absolute Gasteiger partial charge is 0.0683 e. The normalized spacial score (nSPS) is 20.5. The van der Waals surface area contributed by atoms with Gasteiger partial charge in [-0.3, -0.25) is 9.78 Å². The number of rotatable bonds is 3. The molecule has 4 heteroatoms. The minimum absolute atomic E-state index is 0.488. The minimum atomic E-state index is 0.488. The first-order valence-corrected chi connectivity index (χ1v) is 8.84. The first kappa shape index (κ1) is 14.0. The summed E-state index contributed by atoms with van der Waals surface area (Å²) >= 11 is 0. The quantitative estimate of drug-likeness (QED) is 0.942. The van der Waals surface area contributed by atoms with Crippen molar-refractivity contribution in [2.45, 2.75) is 77.7 Å². The van der Waals surface area contributed by atoms with Crippen molar-refractivity contribution in [3.63, 3.8) is 0 Å². The van der Waals surface area contributed by atoms with Gasteiger partial charge in [0, 0.05) is 17.8 Å². The average molecular weight is 298 g/mol. The van der Waals surface area contributed by atoms with Crippen LogP contribution in [0.4, 0.5) is 0 Å². The molecule has 1 atom stereocenters. The van der Waals surface area contributed by atoms with Gasteiger partial charge in [-0.2, -0.15) is 10.2 Å². The maximum Gasteiger partial charge on any atom is 0.0683 e. The summed E-state index contributed by atoms with van der Waals surface area (Å²) in [7, 11) is 0. The maximum absolute atomic E-state index is 5.02. The topological polar surface area (TPSA) is 46.5 Å². The Hall–Kier alpha value is -1.58. The Balaban J connectivity index is 1.68. The van der Waals surface area contributed by atoms with Crippen LogP contribution in [0.3, 0.4) is 0 Å². The van der Waals surface area contributed by atoms with Crippen LogP contribution in [0.5, 0.6) is 0 Å². The van der Waals surface area contributed by atoms with Crippen LogP contribution < -0.4 is 0 Å². The molecule has 4 nitrogen and oxygen atoms in total. The highest BCUT2D eigenvalue weighted by Crippen LogP contribution is 2.36. The van der Waals surface area contributed by atoms with E-state index in [-0.39, 0.29) is 0 Å². The lowest BCUT2D eigenvalue weighted by Gasteiger charge is -2.15. The van der Waals surface area contributed by atoms with Crippen molar-refractivity contribution >= 4 is 0 Å². The molecule has 0 aliphatic heterocycles. The number of hydrogen-bond donors (Lipinski definition) is 1. The van der Waals surface area contributed by atoms with Crippen molar-refractivity contribution in [3.8, 4) is 0 Å². The van der Waals surface area contributed by atoms with E-state index in [0.717, 1.165) is 19.3 Å². The zero-order chi connectivity index (χ0) is 15.3. The highest BCUT2D eigenvalue weighted by atomic mass is 15.3. The number of aromatic amines is 1. The highest BCUT2D eigenvalue weighted by molar-refractivity contribution is 5.35. The summed E-state index contributed by atoms with van der Waals surface area (Å²) in [6.07, 6.45) is 8.29. The molecular formula is C18H26N4. The second-order valence-electron chi connectivity index (χ2n) is 7.16. The fraction of sp³-hybridized carbons (Fsp3) is 0.667. The van der Waals surface area contributed by atoms with E-state index >= 15 is 0 Å². The van der Waals surface area contributed by atoms with Crippen molar-refractivity contribution in [1.82, 2.24) is 20.0 Å². The summed E-state index contributed by atoms with van der Waals surface area (Å²) in [6.45, 7) is 6.74. The molecule has 1 unspecified atom stereocenters. The number of nitrogens with one attached hydrogen (secondary N) is 1. The third-order valence-corrected chi connectivity index (χ3v) is 5.38. The van der Waals surface area contributed by atoms with Crippen molar-refractivity contribution in [3.05, 3.63) is 33.9 Å². The van der Waals surface area contributed by atoms with Gasteiger partial charge in [-0.25, -0.2) is 0 Å². The molecule has 0 spiro atoms. The molecule has 0 radical (unpaired) electrons. The molecule has 2 aromatic heterocycles. The van der Waals surface area contributed by atoms with Gasteiger partial charge in [0.1, 0.15) is 0 Å². The second-order valence-corrected chi connectivity index (χ2v) is 7.16. The van der Waals surface area contributed by atoms with Crippen LogP contribution in [0.25, 0.3) is 0 Å². The van der Waals surface area contributed by atoms with Gasteiger partial charge in [-0.05, 0) is 55.6 Å². The Bertz CT molecular complexity index is 692.